The molecule has 0 bridgehead atoms. The molecule has 1 saturated heterocycles. The molecular weight excluding hydrogens is 1140 g/mol. The van der Waals surface area contributed by atoms with Gasteiger partial charge in [0, 0.05) is 84.8 Å². The summed E-state index contributed by atoms with van der Waals surface area (Å²) in [5, 5.41) is 3.29. The van der Waals surface area contributed by atoms with Crippen molar-refractivity contribution in [3.63, 3.8) is 0 Å². The number of nitrogens with zero attached hydrogens (tertiary/aromatic N) is 4. The van der Waals surface area contributed by atoms with E-state index in [4.69, 9.17) is 14.2 Å². The van der Waals surface area contributed by atoms with E-state index in [2.05, 4.69) is 27.7 Å². The smallest absolute Gasteiger partial charge is 0.276 e. The van der Waals surface area contributed by atoms with Crippen LogP contribution in [0.4, 0.5) is 22.7 Å². The summed E-state index contributed by atoms with van der Waals surface area (Å²) in [6, 6.07) is 29.3. The van der Waals surface area contributed by atoms with Crippen molar-refractivity contribution in [2.24, 2.45) is 0 Å². The van der Waals surface area contributed by atoms with E-state index in [0.29, 0.717) is 53.4 Å². The highest BCUT2D eigenvalue weighted by Crippen LogP contribution is 2.44. The molecule has 5 aromatic rings. The Morgan fingerprint density at radius 1 is 0.795 bits per heavy atom. The second-order valence-electron chi connectivity index (χ2n) is 22.3. The zero-order valence-corrected chi connectivity index (χ0v) is 50.5. The molecule has 1 fully saturated rings. The molecule has 0 aromatic heterocycles. The quantitative estimate of drug-likeness (QED) is 0.0255. The molecule has 0 radical (unpaired) electrons. The topological polar surface area (TPSA) is 221 Å². The van der Waals surface area contributed by atoms with Gasteiger partial charge in [0.1, 0.15) is 19.0 Å². The van der Waals surface area contributed by atoms with Gasteiger partial charge in [-0.05, 0) is 147 Å². The van der Waals surface area contributed by atoms with Crippen molar-refractivity contribution in [2.75, 3.05) is 65.8 Å². The first-order chi connectivity index (χ1) is 39.7. The predicted molar refractivity (Wildman–Crippen MR) is 326 cm³/mol. The number of nitrogens with one attached hydrogen (secondary N) is 2. The Balaban J connectivity index is 0.810. The fraction of sp³-hybridized carbons (Fsp3) is 0.410. The van der Waals surface area contributed by atoms with Gasteiger partial charge in [0.15, 0.2) is 16.7 Å². The zero-order chi connectivity index (χ0) is 58.9. The second-order valence-corrected chi connectivity index (χ2v) is 28.0. The van der Waals surface area contributed by atoms with Crippen molar-refractivity contribution in [3.05, 3.63) is 136 Å². The maximum Gasteiger partial charge on any atom is 0.276 e. The summed E-state index contributed by atoms with van der Waals surface area (Å²) >= 11 is 1.26. The summed E-state index contributed by atoms with van der Waals surface area (Å²) < 4.78 is 53.1. The summed E-state index contributed by atoms with van der Waals surface area (Å²) in [4.78, 5) is 87.1. The third kappa shape index (κ3) is 13.0. The van der Waals surface area contributed by atoms with E-state index in [0.717, 1.165) is 74.6 Å². The number of fused-ring (bicyclic) bond motifs is 8. The lowest BCUT2D eigenvalue weighted by molar-refractivity contribution is -0.138. The van der Waals surface area contributed by atoms with Crippen LogP contribution in [0, 0.1) is 6.92 Å². The maximum absolute atomic E-state index is 14.3. The molecule has 5 heterocycles. The van der Waals surface area contributed by atoms with Gasteiger partial charge in [0.05, 0.1) is 29.7 Å². The standard InChI is InChI=1S/C61H68N6O12S4/c1-36-23-46-49(64(4)33-44-28-41-12-8-10-14-48(41)67(44)59(46)72)31-50(36)78-34-37-24-38(35-79-52-29-39-15-16-43-27-40-11-7-9-13-47(40)66(43)58(71)45(39)30-51(52)77-5)26-42(25-37)63-55(68)17-19-61(2,3)82-81-22-18-54(83(74,75)76)57(70)62-20-21-65-56(69)32-53(80-6)60(65)73/h7-14,23-26,29-31,43-44,53-54H,15-22,27-28,32-35H2,1-6H3,(H,62,70)(H,63,68)(H,74,75,76)/t43-,44+,53?,54?/m1/s1. The number of hydrogen-bond acceptors (Lipinski definition) is 15. The van der Waals surface area contributed by atoms with Crippen LogP contribution in [0.2, 0.25) is 0 Å². The molecule has 6 amide bonds. The number of para-hydroxylation sites is 2. The first-order valence-electron chi connectivity index (χ1n) is 27.7. The van der Waals surface area contributed by atoms with E-state index >= 15 is 0 Å². The second kappa shape index (κ2) is 24.9. The van der Waals surface area contributed by atoms with Gasteiger partial charge in [0.25, 0.3) is 21.9 Å². The molecule has 0 aliphatic carbocycles. The van der Waals surface area contributed by atoms with E-state index in [1.54, 1.807) is 19.4 Å². The van der Waals surface area contributed by atoms with Gasteiger partial charge in [-0.1, -0.05) is 58.0 Å². The fourth-order valence-corrected chi connectivity index (χ4v) is 15.9. The van der Waals surface area contributed by atoms with Gasteiger partial charge in [-0.25, -0.2) is 0 Å². The van der Waals surface area contributed by atoms with Crippen LogP contribution in [0.3, 0.4) is 0 Å². The monoisotopic (exact) mass is 1200 g/mol. The zero-order valence-electron chi connectivity index (χ0n) is 47.2. The summed E-state index contributed by atoms with van der Waals surface area (Å²) in [5.41, 5.74) is 9.80. The lowest BCUT2D eigenvalue weighted by atomic mass is 9.99. The molecule has 4 atom stereocenters. The number of benzene rings is 5. The highest BCUT2D eigenvalue weighted by molar-refractivity contribution is 8.77. The summed E-state index contributed by atoms with van der Waals surface area (Å²) in [7, 11) is 1.50. The van der Waals surface area contributed by atoms with Crippen LogP contribution in [0.5, 0.6) is 17.2 Å². The Morgan fingerprint density at radius 3 is 2.11 bits per heavy atom. The molecule has 10 rings (SSSR count). The Hall–Kier alpha value is -6.72. The number of methoxy groups -OCH3 is 1. The molecule has 438 valence electrons. The molecule has 18 nitrogen and oxygen atoms in total. The van der Waals surface area contributed by atoms with Crippen LogP contribution < -0.4 is 39.5 Å². The van der Waals surface area contributed by atoms with Gasteiger partial charge in [0.2, 0.25) is 23.6 Å². The number of hydrogen-bond donors (Lipinski definition) is 3. The van der Waals surface area contributed by atoms with Crippen LogP contribution in [-0.2, 0) is 61.8 Å². The maximum atomic E-state index is 14.3. The first kappa shape index (κ1) is 59.4. The predicted octanol–water partition coefficient (Wildman–Crippen LogP) is 8.83. The minimum absolute atomic E-state index is 0.00950. The van der Waals surface area contributed by atoms with Crippen LogP contribution >= 0.6 is 33.3 Å². The summed E-state index contributed by atoms with van der Waals surface area (Å²) in [5.74, 6) is -0.352. The van der Waals surface area contributed by atoms with Crippen molar-refractivity contribution in [3.8, 4) is 17.2 Å². The third-order valence-corrected chi connectivity index (χ3v) is 21.5. The van der Waals surface area contributed by atoms with E-state index in [9.17, 15) is 41.7 Å². The van der Waals surface area contributed by atoms with E-state index in [-0.39, 0.29) is 92.9 Å². The molecule has 3 N–H and O–H groups in total. The largest absolute Gasteiger partial charge is 0.493 e. The first-order valence-corrected chi connectivity index (χ1v) is 32.8. The molecule has 0 spiro atoms. The van der Waals surface area contributed by atoms with Crippen LogP contribution in [-0.4, -0.2) is 126 Å². The van der Waals surface area contributed by atoms with Crippen molar-refractivity contribution in [1.29, 1.82) is 0 Å². The van der Waals surface area contributed by atoms with Crippen molar-refractivity contribution < 1.29 is 55.9 Å². The van der Waals surface area contributed by atoms with Gasteiger partial charge < -0.3 is 39.5 Å². The number of likely N-dealkylation sites (tertiary alicyclic amines) is 1. The van der Waals surface area contributed by atoms with Crippen LogP contribution in [0.25, 0.3) is 0 Å². The lowest BCUT2D eigenvalue weighted by Crippen LogP contribution is -2.44. The number of rotatable bonds is 22. The van der Waals surface area contributed by atoms with E-state index < -0.39 is 31.3 Å². The number of anilines is 4. The Morgan fingerprint density at radius 2 is 1.45 bits per heavy atom. The van der Waals surface area contributed by atoms with Gasteiger partial charge in [-0.15, -0.1) is 0 Å². The van der Waals surface area contributed by atoms with Crippen LogP contribution in [0.1, 0.15) is 100 Å². The Labute approximate surface area is 496 Å². The number of amides is 6. The summed E-state index contributed by atoms with van der Waals surface area (Å²) in [6.07, 6.45) is 5.18. The van der Waals surface area contributed by atoms with Gasteiger partial charge in [-0.3, -0.25) is 38.2 Å². The van der Waals surface area contributed by atoms with Gasteiger partial charge >= 0.3 is 0 Å². The number of imide groups is 1. The number of thioether (sulfide) groups is 1. The highest BCUT2D eigenvalue weighted by atomic mass is 33.1. The minimum atomic E-state index is -4.78. The number of likely N-dealkylation sites (N-methyl/N-ethyl adjacent to an activating group) is 1. The summed E-state index contributed by atoms with van der Waals surface area (Å²) in [6.45, 7) is 6.39. The SMILES string of the molecule is COc1cc2c(cc1OCc1cc(COc3cc4c(cc3C)C(=O)N3c5ccccc5C[C@H]3CN4C)cc(NC(=O)CCC(C)(C)SSCCC(C(=O)NCCN3C(=O)CC(SC)C3=O)S(=O)(=O)O)c1)CC[C@@H]1Cc3ccccc3N1C2=O. The molecule has 0 saturated carbocycles. The molecule has 5 aliphatic heterocycles. The van der Waals surface area contributed by atoms with Crippen molar-refractivity contribution >= 4 is 102 Å². The fourth-order valence-electron chi connectivity index (χ4n) is 11.7. The average Bonchev–Trinajstić information content (AvgIpc) is 2.22. The van der Waals surface area contributed by atoms with E-state index in [1.165, 1.54) is 33.3 Å². The van der Waals surface area contributed by atoms with Crippen molar-refractivity contribution in [2.45, 2.75) is 113 Å². The highest BCUT2D eigenvalue weighted by Gasteiger charge is 2.41. The normalized spacial score (nSPS) is 18.6. The number of carbonyl (C=O) groups is 6. The Kier molecular flexibility index (Phi) is 17.8. The third-order valence-electron chi connectivity index (χ3n) is 16.0. The number of aryl methyl sites for hydroxylation is 2. The molecule has 5 aromatic carbocycles. The molecular formula is C61H68N6O12S4. The minimum Gasteiger partial charge on any atom is -0.493 e. The number of ether oxygens (including phenoxy) is 3. The lowest BCUT2D eigenvalue weighted by Gasteiger charge is -2.25. The Bertz CT molecular complexity index is 3510. The van der Waals surface area contributed by atoms with Crippen molar-refractivity contribution in [1.82, 2.24) is 10.2 Å². The molecule has 5 aliphatic rings. The molecule has 22 heteroatoms. The molecule has 83 heavy (non-hydrogen) atoms. The molecule has 2 unspecified atom stereocenters. The van der Waals surface area contributed by atoms with E-state index in [1.807, 2.05) is 110 Å². The number of carbonyl (C=O) groups excluding carboxylic acids is 6. The van der Waals surface area contributed by atoms with Gasteiger partial charge in [-0.2, -0.15) is 20.2 Å². The average molecular weight is 1210 g/mol. The van der Waals surface area contributed by atoms with Crippen LogP contribution in [0.15, 0.2) is 91.0 Å².